The molecule has 0 saturated heterocycles. The van der Waals surface area contributed by atoms with Gasteiger partial charge in [-0.2, -0.15) is 0 Å². The van der Waals surface area contributed by atoms with Gasteiger partial charge in [-0.15, -0.1) is 0 Å². The molecule has 1 aromatic heterocycles. The third-order valence-electron chi connectivity index (χ3n) is 7.76. The molecule has 1 aliphatic carbocycles. The lowest BCUT2D eigenvalue weighted by Gasteiger charge is -2.41. The normalized spacial score (nSPS) is 27.0. The molecule has 37 heavy (non-hydrogen) atoms. The van der Waals surface area contributed by atoms with Crippen molar-refractivity contribution in [3.63, 3.8) is 0 Å². The Kier molecular flexibility index (Phi) is 6.03. The van der Waals surface area contributed by atoms with E-state index in [1.165, 1.54) is 0 Å². The van der Waals surface area contributed by atoms with Crippen LogP contribution in [0.3, 0.4) is 0 Å². The van der Waals surface area contributed by atoms with Gasteiger partial charge in [0.25, 0.3) is 5.91 Å². The van der Waals surface area contributed by atoms with E-state index in [1.54, 1.807) is 17.3 Å². The molecule has 0 N–H and O–H groups in total. The number of amides is 1. The summed E-state index contributed by atoms with van der Waals surface area (Å²) in [5, 5.41) is 0. The van der Waals surface area contributed by atoms with Crippen LogP contribution in [0.5, 0.6) is 11.5 Å². The van der Waals surface area contributed by atoms with E-state index in [0.29, 0.717) is 23.8 Å². The summed E-state index contributed by atoms with van der Waals surface area (Å²) in [7, 11) is 0. The topological polar surface area (TPSA) is 68.7 Å². The van der Waals surface area contributed by atoms with E-state index in [-0.39, 0.29) is 35.4 Å². The Morgan fingerprint density at radius 1 is 0.973 bits per heavy atom. The Bertz CT molecular complexity index is 1350. The highest BCUT2D eigenvalue weighted by Crippen LogP contribution is 2.49. The predicted octanol–water partition coefficient (Wildman–Crippen LogP) is 5.86. The summed E-state index contributed by atoms with van der Waals surface area (Å²) in [6.07, 6.45) is 4.99. The van der Waals surface area contributed by atoms with Crippen LogP contribution in [-0.4, -0.2) is 27.7 Å². The molecule has 5 unspecified atom stereocenters. The van der Waals surface area contributed by atoms with E-state index in [2.05, 4.69) is 18.8 Å². The molecule has 0 bridgehead atoms. The molecule has 6 heteroatoms. The number of hydrogen-bond donors (Lipinski definition) is 0. The molecule has 0 radical (unpaired) electrons. The maximum atomic E-state index is 14.1. The van der Waals surface area contributed by atoms with Gasteiger partial charge in [-0.05, 0) is 66.1 Å². The Hall–Kier alpha value is -3.93. The van der Waals surface area contributed by atoms with E-state index in [0.717, 1.165) is 29.7 Å². The van der Waals surface area contributed by atoms with Crippen LogP contribution in [0.4, 0.5) is 0 Å². The molecule has 1 amide bonds. The number of pyridine rings is 1. The van der Waals surface area contributed by atoms with Gasteiger partial charge in [0.05, 0.1) is 17.5 Å². The van der Waals surface area contributed by atoms with Gasteiger partial charge in [0.15, 0.2) is 11.5 Å². The highest BCUT2D eigenvalue weighted by Gasteiger charge is 2.54. The first-order chi connectivity index (χ1) is 18.0. The minimum absolute atomic E-state index is 0.0473. The van der Waals surface area contributed by atoms with Gasteiger partial charge in [0.2, 0.25) is 0 Å². The third kappa shape index (κ3) is 4.31. The number of benzene rings is 2. The number of ketones is 1. The number of aromatic nitrogens is 1. The highest BCUT2D eigenvalue weighted by atomic mass is 16.5. The molecule has 5 atom stereocenters. The SMILES string of the molecule is CC1CC(C)C2OC3=C(C(=O)C2C1)C(c1cccc(Oc2ccccc2)c1)N(Cc1cccnc1)C3=O. The lowest BCUT2D eigenvalue weighted by molar-refractivity contribution is -0.139. The average Bonchev–Trinajstić information content (AvgIpc) is 3.18. The van der Waals surface area contributed by atoms with Crippen molar-refractivity contribution in [1.82, 2.24) is 9.88 Å². The number of ether oxygens (including phenoxy) is 2. The first-order valence-corrected chi connectivity index (χ1v) is 13.0. The first kappa shape index (κ1) is 23.5. The minimum Gasteiger partial charge on any atom is -0.483 e. The van der Waals surface area contributed by atoms with Crippen molar-refractivity contribution in [2.75, 3.05) is 0 Å². The summed E-state index contributed by atoms with van der Waals surface area (Å²) >= 11 is 0. The smallest absolute Gasteiger partial charge is 0.290 e. The number of Topliss-reactive ketones (excluding diaryl/α,β-unsaturated/α-hetero) is 1. The standard InChI is InChI=1S/C31H30N2O4/c1-19-14-20(2)29-25(15-19)28(34)26-27(22-9-6-12-24(16-22)36-23-10-4-3-5-11-23)33(31(35)30(26)37-29)18-21-8-7-13-32-17-21/h3-13,16-17,19-20,25,27,29H,14-15,18H2,1-2H3. The van der Waals surface area contributed by atoms with Crippen molar-refractivity contribution in [3.05, 3.63) is 102 Å². The molecular formula is C31H30N2O4. The Balaban J connectivity index is 1.41. The van der Waals surface area contributed by atoms with E-state index in [9.17, 15) is 9.59 Å². The van der Waals surface area contributed by atoms with Crippen LogP contribution in [0, 0.1) is 17.8 Å². The Morgan fingerprint density at radius 2 is 1.78 bits per heavy atom. The van der Waals surface area contributed by atoms with Crippen LogP contribution >= 0.6 is 0 Å². The lowest BCUT2D eigenvalue weighted by Crippen LogP contribution is -2.45. The largest absolute Gasteiger partial charge is 0.483 e. The summed E-state index contributed by atoms with van der Waals surface area (Å²) in [4.78, 5) is 33.9. The van der Waals surface area contributed by atoms with Crippen molar-refractivity contribution in [2.45, 2.75) is 45.4 Å². The minimum atomic E-state index is -0.553. The first-order valence-electron chi connectivity index (χ1n) is 13.0. The number of carbonyl (C=O) groups is 2. The molecule has 1 fully saturated rings. The van der Waals surface area contributed by atoms with Crippen LogP contribution in [0.2, 0.25) is 0 Å². The zero-order valence-corrected chi connectivity index (χ0v) is 21.0. The maximum absolute atomic E-state index is 14.1. The number of nitrogens with zero attached hydrogens (tertiary/aromatic N) is 2. The fourth-order valence-corrected chi connectivity index (χ4v) is 6.19. The number of fused-ring (bicyclic) bond motifs is 1. The molecule has 0 spiro atoms. The van der Waals surface area contributed by atoms with Crippen molar-refractivity contribution in [3.8, 4) is 11.5 Å². The summed E-state index contributed by atoms with van der Waals surface area (Å²) in [5.74, 6) is 1.82. The van der Waals surface area contributed by atoms with Crippen LogP contribution in [0.25, 0.3) is 0 Å². The Morgan fingerprint density at radius 3 is 2.57 bits per heavy atom. The molecule has 6 nitrogen and oxygen atoms in total. The number of carbonyl (C=O) groups excluding carboxylic acids is 2. The third-order valence-corrected chi connectivity index (χ3v) is 7.76. The average molecular weight is 495 g/mol. The van der Waals surface area contributed by atoms with Crippen molar-refractivity contribution < 1.29 is 19.1 Å². The fourth-order valence-electron chi connectivity index (χ4n) is 6.19. The summed E-state index contributed by atoms with van der Waals surface area (Å²) in [6.45, 7) is 4.65. The van der Waals surface area contributed by atoms with Gasteiger partial charge < -0.3 is 14.4 Å². The number of hydrogen-bond acceptors (Lipinski definition) is 5. The Labute approximate surface area is 216 Å². The van der Waals surface area contributed by atoms with E-state index in [1.807, 2.05) is 66.7 Å². The van der Waals surface area contributed by atoms with Gasteiger partial charge in [-0.25, -0.2) is 0 Å². The van der Waals surface area contributed by atoms with Gasteiger partial charge in [-0.1, -0.05) is 50.2 Å². The zero-order valence-electron chi connectivity index (χ0n) is 21.0. The molecule has 6 rings (SSSR count). The zero-order chi connectivity index (χ0) is 25.5. The predicted molar refractivity (Wildman–Crippen MR) is 138 cm³/mol. The van der Waals surface area contributed by atoms with E-state index in [4.69, 9.17) is 9.47 Å². The molecule has 188 valence electrons. The molecular weight excluding hydrogens is 464 g/mol. The molecule has 2 aromatic carbocycles. The van der Waals surface area contributed by atoms with Crippen LogP contribution in [0.15, 0.2) is 90.5 Å². The van der Waals surface area contributed by atoms with Crippen molar-refractivity contribution >= 4 is 11.7 Å². The van der Waals surface area contributed by atoms with E-state index < -0.39 is 6.04 Å². The number of para-hydroxylation sites is 1. The summed E-state index contributed by atoms with van der Waals surface area (Å²) in [5.41, 5.74) is 2.19. The van der Waals surface area contributed by atoms with Crippen LogP contribution < -0.4 is 4.74 Å². The quantitative estimate of drug-likeness (QED) is 0.444. The van der Waals surface area contributed by atoms with Gasteiger partial charge in [-0.3, -0.25) is 14.6 Å². The second kappa shape index (κ2) is 9.51. The molecule has 1 saturated carbocycles. The van der Waals surface area contributed by atoms with Gasteiger partial charge in [0, 0.05) is 18.9 Å². The fraction of sp³-hybridized carbons (Fsp3) is 0.323. The van der Waals surface area contributed by atoms with Gasteiger partial charge >= 0.3 is 0 Å². The summed E-state index contributed by atoms with van der Waals surface area (Å²) in [6, 6.07) is 20.5. The monoisotopic (exact) mass is 494 g/mol. The maximum Gasteiger partial charge on any atom is 0.290 e. The lowest BCUT2D eigenvalue weighted by atomic mass is 9.70. The van der Waals surface area contributed by atoms with E-state index >= 15 is 0 Å². The second-order valence-electron chi connectivity index (χ2n) is 10.5. The second-order valence-corrected chi connectivity index (χ2v) is 10.5. The number of rotatable bonds is 5. The highest BCUT2D eigenvalue weighted by molar-refractivity contribution is 6.11. The van der Waals surface area contributed by atoms with Crippen LogP contribution in [-0.2, 0) is 20.9 Å². The van der Waals surface area contributed by atoms with Gasteiger partial charge in [0.1, 0.15) is 17.6 Å². The molecule has 2 aliphatic heterocycles. The molecule has 3 aromatic rings. The molecule has 3 aliphatic rings. The van der Waals surface area contributed by atoms with Crippen molar-refractivity contribution in [1.29, 1.82) is 0 Å². The molecule has 3 heterocycles. The summed E-state index contributed by atoms with van der Waals surface area (Å²) < 4.78 is 12.5. The van der Waals surface area contributed by atoms with Crippen LogP contribution in [0.1, 0.15) is 43.9 Å². The van der Waals surface area contributed by atoms with Crippen molar-refractivity contribution in [2.24, 2.45) is 17.8 Å².